The molecule has 0 aromatic carbocycles. The van der Waals surface area contributed by atoms with Crippen LogP contribution in [0.15, 0.2) is 30.3 Å². The summed E-state index contributed by atoms with van der Waals surface area (Å²) >= 11 is 4.88. The minimum Gasteiger partial charge on any atom is -0.329 e. The van der Waals surface area contributed by atoms with Crippen LogP contribution in [-0.2, 0) is 0 Å². The highest BCUT2D eigenvalue weighted by Crippen LogP contribution is 2.13. The lowest BCUT2D eigenvalue weighted by Crippen LogP contribution is -1.67. The third-order valence-electron chi connectivity index (χ3n) is 1.48. The van der Waals surface area contributed by atoms with Gasteiger partial charge in [0.25, 0.3) is 0 Å². The molecule has 1 aliphatic carbocycles. The molecule has 1 N–H and O–H groups in total. The zero-order chi connectivity index (χ0) is 7.68. The van der Waals surface area contributed by atoms with Crippen molar-refractivity contribution < 1.29 is 0 Å². The second-order valence-electron chi connectivity index (χ2n) is 2.25. The Kier molecular flexibility index (Phi) is 1.43. The molecule has 0 saturated carbocycles. The third-order valence-corrected chi connectivity index (χ3v) is 1.67. The first kappa shape index (κ1) is 6.49. The highest BCUT2D eigenvalue weighted by atomic mass is 32.1. The molecule has 0 aromatic heterocycles. The standard InChI is InChI=1S/C8H6N2S/c11-8-9-6-4-2-1-3-5-7(6)10-8/h1-5H,(H,9,10,11). The molecule has 0 saturated heterocycles. The van der Waals surface area contributed by atoms with Gasteiger partial charge in [0.2, 0.25) is 0 Å². The SMILES string of the molecule is S=c1nc2cccccc-2[nH]1. The van der Waals surface area contributed by atoms with E-state index in [-0.39, 0.29) is 0 Å². The van der Waals surface area contributed by atoms with Gasteiger partial charge in [-0.3, -0.25) is 0 Å². The van der Waals surface area contributed by atoms with Gasteiger partial charge < -0.3 is 4.98 Å². The molecule has 54 valence electrons. The smallest absolute Gasteiger partial charge is 0.197 e. The van der Waals surface area contributed by atoms with E-state index in [9.17, 15) is 0 Å². The van der Waals surface area contributed by atoms with E-state index in [4.69, 9.17) is 12.2 Å². The molecule has 0 bridgehead atoms. The van der Waals surface area contributed by atoms with Crippen molar-refractivity contribution in [3.63, 3.8) is 0 Å². The van der Waals surface area contributed by atoms with Crippen LogP contribution in [0.5, 0.6) is 0 Å². The van der Waals surface area contributed by atoms with E-state index < -0.39 is 0 Å². The lowest BCUT2D eigenvalue weighted by Gasteiger charge is -1.82. The average Bonchev–Trinajstić information content (AvgIpc) is 2.17. The minimum atomic E-state index is 0.547. The van der Waals surface area contributed by atoms with Crippen LogP contribution in [0.1, 0.15) is 0 Å². The quantitative estimate of drug-likeness (QED) is 0.602. The zero-order valence-corrected chi connectivity index (χ0v) is 6.56. The maximum absolute atomic E-state index is 4.88. The van der Waals surface area contributed by atoms with Crippen molar-refractivity contribution in [3.05, 3.63) is 35.1 Å². The van der Waals surface area contributed by atoms with Crippen LogP contribution < -0.4 is 0 Å². The number of aromatic nitrogens is 2. The molecular formula is C8H6N2S. The fraction of sp³-hybridized carbons (Fsp3) is 0. The fourth-order valence-electron chi connectivity index (χ4n) is 0.994. The van der Waals surface area contributed by atoms with Gasteiger partial charge in [0.05, 0.1) is 11.4 Å². The molecule has 2 aliphatic rings. The lowest BCUT2D eigenvalue weighted by atomic mass is 10.3. The number of nitrogens with one attached hydrogen (secondary N) is 1. The highest BCUT2D eigenvalue weighted by Gasteiger charge is 1.99. The molecule has 1 aliphatic heterocycles. The van der Waals surface area contributed by atoms with Crippen molar-refractivity contribution in [1.29, 1.82) is 0 Å². The molecule has 1 heterocycles. The van der Waals surface area contributed by atoms with E-state index in [0.717, 1.165) is 11.4 Å². The monoisotopic (exact) mass is 162 g/mol. The van der Waals surface area contributed by atoms with Gasteiger partial charge in [0, 0.05) is 0 Å². The van der Waals surface area contributed by atoms with Crippen LogP contribution in [0.25, 0.3) is 11.4 Å². The summed E-state index contributed by atoms with van der Waals surface area (Å²) < 4.78 is 0.547. The van der Waals surface area contributed by atoms with Gasteiger partial charge in [-0.15, -0.1) is 0 Å². The number of nitrogens with zero attached hydrogens (tertiary/aromatic N) is 1. The zero-order valence-electron chi connectivity index (χ0n) is 5.74. The van der Waals surface area contributed by atoms with E-state index in [1.165, 1.54) is 0 Å². The minimum absolute atomic E-state index is 0.547. The summed E-state index contributed by atoms with van der Waals surface area (Å²) in [5.74, 6) is 0. The lowest BCUT2D eigenvalue weighted by molar-refractivity contribution is 1.29. The second-order valence-corrected chi connectivity index (χ2v) is 2.64. The number of hydrogen-bond acceptors (Lipinski definition) is 2. The van der Waals surface area contributed by atoms with E-state index in [1.54, 1.807) is 0 Å². The van der Waals surface area contributed by atoms with E-state index in [2.05, 4.69) is 9.97 Å². The molecule has 2 nitrogen and oxygen atoms in total. The normalized spacial score (nSPS) is 10.2. The molecule has 0 amide bonds. The molecule has 2 rings (SSSR count). The predicted molar refractivity (Wildman–Crippen MR) is 46.0 cm³/mol. The summed E-state index contributed by atoms with van der Waals surface area (Å²) in [5, 5.41) is 0. The first-order valence-electron chi connectivity index (χ1n) is 3.31. The van der Waals surface area contributed by atoms with Crippen molar-refractivity contribution >= 4 is 12.2 Å². The fourth-order valence-corrected chi connectivity index (χ4v) is 1.20. The van der Waals surface area contributed by atoms with Gasteiger partial charge in [-0.2, -0.15) is 0 Å². The number of H-pyrrole nitrogens is 1. The largest absolute Gasteiger partial charge is 0.329 e. The maximum atomic E-state index is 4.88. The summed E-state index contributed by atoms with van der Waals surface area (Å²) in [6, 6.07) is 9.74. The average molecular weight is 162 g/mol. The number of fused-ring (bicyclic) bond motifs is 1. The molecular weight excluding hydrogens is 156 g/mol. The molecule has 0 aromatic rings. The number of aromatic amines is 1. The molecule has 0 spiro atoms. The van der Waals surface area contributed by atoms with Gasteiger partial charge in [-0.05, 0) is 24.4 Å². The van der Waals surface area contributed by atoms with Crippen molar-refractivity contribution in [2.45, 2.75) is 0 Å². The van der Waals surface area contributed by atoms with Crippen LogP contribution in [0, 0.1) is 4.77 Å². The Bertz CT molecular complexity index is 360. The topological polar surface area (TPSA) is 28.7 Å². The van der Waals surface area contributed by atoms with Crippen LogP contribution in [0.2, 0.25) is 0 Å². The molecule has 3 heteroatoms. The number of rotatable bonds is 0. The van der Waals surface area contributed by atoms with Crippen LogP contribution in [0.3, 0.4) is 0 Å². The van der Waals surface area contributed by atoms with E-state index in [0.29, 0.717) is 4.77 Å². The maximum Gasteiger partial charge on any atom is 0.197 e. The van der Waals surface area contributed by atoms with Gasteiger partial charge >= 0.3 is 0 Å². The van der Waals surface area contributed by atoms with Gasteiger partial charge in [0.1, 0.15) is 0 Å². The first-order chi connectivity index (χ1) is 5.36. The Balaban J connectivity index is 2.83. The van der Waals surface area contributed by atoms with Gasteiger partial charge in [-0.25, -0.2) is 4.98 Å². The Labute approximate surface area is 69.3 Å². The first-order valence-corrected chi connectivity index (χ1v) is 3.72. The third kappa shape index (κ3) is 1.14. The summed E-state index contributed by atoms with van der Waals surface area (Å²) in [5.41, 5.74) is 1.90. The molecule has 0 fully saturated rings. The van der Waals surface area contributed by atoms with Crippen molar-refractivity contribution in [2.24, 2.45) is 0 Å². The second kappa shape index (κ2) is 2.43. The van der Waals surface area contributed by atoms with Crippen molar-refractivity contribution in [3.8, 4) is 11.4 Å². The van der Waals surface area contributed by atoms with E-state index >= 15 is 0 Å². The highest BCUT2D eigenvalue weighted by molar-refractivity contribution is 7.71. The van der Waals surface area contributed by atoms with Gasteiger partial charge in [0.15, 0.2) is 4.77 Å². The molecule has 0 radical (unpaired) electrons. The summed E-state index contributed by atoms with van der Waals surface area (Å²) in [7, 11) is 0. The Morgan fingerprint density at radius 2 is 2.00 bits per heavy atom. The number of imidazole rings is 1. The molecule has 0 atom stereocenters. The van der Waals surface area contributed by atoms with E-state index in [1.807, 2.05) is 30.3 Å². The summed E-state index contributed by atoms with van der Waals surface area (Å²) in [6.07, 6.45) is 0. The van der Waals surface area contributed by atoms with Crippen molar-refractivity contribution in [1.82, 2.24) is 9.97 Å². The van der Waals surface area contributed by atoms with Crippen LogP contribution in [0.4, 0.5) is 0 Å². The van der Waals surface area contributed by atoms with Crippen molar-refractivity contribution in [2.75, 3.05) is 0 Å². The summed E-state index contributed by atoms with van der Waals surface area (Å²) in [4.78, 5) is 7.09. The Morgan fingerprint density at radius 3 is 2.91 bits per heavy atom. The van der Waals surface area contributed by atoms with Crippen LogP contribution in [-0.4, -0.2) is 9.97 Å². The molecule has 0 unspecified atom stereocenters. The summed E-state index contributed by atoms with van der Waals surface area (Å²) in [6.45, 7) is 0. The Morgan fingerprint density at radius 1 is 1.18 bits per heavy atom. The Hall–Kier alpha value is -1.22. The number of hydrogen-bond donors (Lipinski definition) is 1. The van der Waals surface area contributed by atoms with Gasteiger partial charge in [-0.1, -0.05) is 18.2 Å². The van der Waals surface area contributed by atoms with Crippen LogP contribution >= 0.6 is 12.2 Å². The molecule has 11 heavy (non-hydrogen) atoms. The predicted octanol–water partition coefficient (Wildman–Crippen LogP) is 2.24.